The highest BCUT2D eigenvalue weighted by molar-refractivity contribution is 5.40. The maximum Gasteiger partial charge on any atom is 0.128 e. The van der Waals surface area contributed by atoms with E-state index in [-0.39, 0.29) is 0 Å². The van der Waals surface area contributed by atoms with E-state index in [4.69, 9.17) is 5.73 Å². The number of anilines is 1. The monoisotopic (exact) mass is 193 g/mol. The van der Waals surface area contributed by atoms with Gasteiger partial charge in [0.2, 0.25) is 0 Å². The lowest BCUT2D eigenvalue weighted by atomic mass is 10.1. The van der Waals surface area contributed by atoms with Gasteiger partial charge in [-0.2, -0.15) is 0 Å². The summed E-state index contributed by atoms with van der Waals surface area (Å²) in [6, 6.07) is 4.31. The van der Waals surface area contributed by atoms with Crippen molar-refractivity contribution >= 4 is 5.82 Å². The van der Waals surface area contributed by atoms with Gasteiger partial charge in [-0.15, -0.1) is 0 Å². The SMILES string of the molecule is CCCNC(CC)c1cccnc1N. The van der Waals surface area contributed by atoms with E-state index in [1.165, 1.54) is 0 Å². The van der Waals surface area contributed by atoms with E-state index in [1.807, 2.05) is 12.1 Å². The van der Waals surface area contributed by atoms with Crippen LogP contribution in [0.2, 0.25) is 0 Å². The number of hydrogen-bond acceptors (Lipinski definition) is 3. The summed E-state index contributed by atoms with van der Waals surface area (Å²) < 4.78 is 0. The number of rotatable bonds is 5. The van der Waals surface area contributed by atoms with Crippen molar-refractivity contribution in [1.82, 2.24) is 10.3 Å². The zero-order valence-electron chi connectivity index (χ0n) is 8.96. The molecule has 0 bridgehead atoms. The third kappa shape index (κ3) is 2.70. The molecule has 3 heteroatoms. The van der Waals surface area contributed by atoms with Crippen LogP contribution in [0.4, 0.5) is 5.82 Å². The molecule has 0 amide bonds. The molecule has 0 radical (unpaired) electrons. The van der Waals surface area contributed by atoms with Crippen LogP contribution in [0.5, 0.6) is 0 Å². The highest BCUT2D eigenvalue weighted by atomic mass is 14.9. The predicted octanol–water partition coefficient (Wildman–Crippen LogP) is 2.11. The second kappa shape index (κ2) is 5.60. The molecular weight excluding hydrogens is 174 g/mol. The van der Waals surface area contributed by atoms with Gasteiger partial charge in [0.15, 0.2) is 0 Å². The topological polar surface area (TPSA) is 50.9 Å². The average molecular weight is 193 g/mol. The molecule has 1 atom stereocenters. The fourth-order valence-electron chi connectivity index (χ4n) is 1.52. The Morgan fingerprint density at radius 1 is 1.50 bits per heavy atom. The minimum Gasteiger partial charge on any atom is -0.383 e. The molecule has 3 nitrogen and oxygen atoms in total. The lowest BCUT2D eigenvalue weighted by Crippen LogP contribution is -2.22. The summed E-state index contributed by atoms with van der Waals surface area (Å²) in [6.07, 6.45) is 3.90. The summed E-state index contributed by atoms with van der Waals surface area (Å²) in [5.41, 5.74) is 6.93. The molecule has 0 fully saturated rings. The predicted molar refractivity (Wildman–Crippen MR) is 60.0 cm³/mol. The Balaban J connectivity index is 2.73. The van der Waals surface area contributed by atoms with Gasteiger partial charge in [0.05, 0.1) is 0 Å². The number of nitrogens with one attached hydrogen (secondary N) is 1. The van der Waals surface area contributed by atoms with E-state index in [0.29, 0.717) is 11.9 Å². The molecule has 0 aliphatic heterocycles. The van der Waals surface area contributed by atoms with Crippen LogP contribution in [0.15, 0.2) is 18.3 Å². The average Bonchev–Trinajstić information content (AvgIpc) is 2.21. The van der Waals surface area contributed by atoms with Crippen LogP contribution >= 0.6 is 0 Å². The number of nitrogens with two attached hydrogens (primary N) is 1. The Hall–Kier alpha value is -1.09. The zero-order valence-corrected chi connectivity index (χ0v) is 8.96. The van der Waals surface area contributed by atoms with Gasteiger partial charge >= 0.3 is 0 Å². The summed E-state index contributed by atoms with van der Waals surface area (Å²) in [4.78, 5) is 4.09. The number of pyridine rings is 1. The molecule has 1 heterocycles. The molecule has 14 heavy (non-hydrogen) atoms. The molecule has 0 aliphatic carbocycles. The Bertz CT molecular complexity index is 273. The van der Waals surface area contributed by atoms with Crippen LogP contribution in [-0.4, -0.2) is 11.5 Å². The van der Waals surface area contributed by atoms with Crippen LogP contribution in [0.1, 0.15) is 38.3 Å². The lowest BCUT2D eigenvalue weighted by Gasteiger charge is -2.17. The van der Waals surface area contributed by atoms with E-state index in [9.17, 15) is 0 Å². The molecule has 0 spiro atoms. The maximum atomic E-state index is 5.82. The quantitative estimate of drug-likeness (QED) is 0.753. The number of nitrogen functional groups attached to an aromatic ring is 1. The van der Waals surface area contributed by atoms with Gasteiger partial charge in [0.25, 0.3) is 0 Å². The van der Waals surface area contributed by atoms with Crippen LogP contribution in [-0.2, 0) is 0 Å². The second-order valence-corrected chi connectivity index (χ2v) is 3.39. The molecule has 78 valence electrons. The first kappa shape index (κ1) is 11.0. The molecule has 0 aromatic carbocycles. The van der Waals surface area contributed by atoms with Crippen LogP contribution in [0.25, 0.3) is 0 Å². The molecule has 1 unspecified atom stereocenters. The van der Waals surface area contributed by atoms with E-state index in [1.54, 1.807) is 6.20 Å². The fraction of sp³-hybridized carbons (Fsp3) is 0.545. The van der Waals surface area contributed by atoms with Crippen molar-refractivity contribution in [1.29, 1.82) is 0 Å². The molecule has 1 aromatic rings. The van der Waals surface area contributed by atoms with E-state index >= 15 is 0 Å². The van der Waals surface area contributed by atoms with Crippen molar-refractivity contribution < 1.29 is 0 Å². The summed E-state index contributed by atoms with van der Waals surface area (Å²) in [5.74, 6) is 0.642. The first-order valence-electron chi connectivity index (χ1n) is 5.23. The summed E-state index contributed by atoms with van der Waals surface area (Å²) in [5, 5.41) is 3.46. The highest BCUT2D eigenvalue weighted by Crippen LogP contribution is 2.20. The van der Waals surface area contributed by atoms with Crippen molar-refractivity contribution in [2.24, 2.45) is 0 Å². The Kier molecular flexibility index (Phi) is 4.40. The van der Waals surface area contributed by atoms with E-state index < -0.39 is 0 Å². The Labute approximate surface area is 85.7 Å². The summed E-state index contributed by atoms with van der Waals surface area (Å²) in [7, 11) is 0. The van der Waals surface area contributed by atoms with Crippen molar-refractivity contribution in [3.05, 3.63) is 23.9 Å². The number of hydrogen-bond donors (Lipinski definition) is 2. The molecule has 0 saturated heterocycles. The third-order valence-corrected chi connectivity index (χ3v) is 2.30. The number of nitrogens with zero attached hydrogens (tertiary/aromatic N) is 1. The molecule has 0 saturated carbocycles. The Morgan fingerprint density at radius 3 is 2.86 bits per heavy atom. The van der Waals surface area contributed by atoms with Crippen LogP contribution in [0.3, 0.4) is 0 Å². The first-order chi connectivity index (χ1) is 6.79. The standard InChI is InChI=1S/C11H19N3/c1-3-7-13-10(4-2)9-6-5-8-14-11(9)12/h5-6,8,10,13H,3-4,7H2,1-2H3,(H2,12,14). The van der Waals surface area contributed by atoms with Gasteiger partial charge in [-0.25, -0.2) is 4.98 Å². The molecule has 1 aromatic heterocycles. The molecule has 3 N–H and O–H groups in total. The minimum atomic E-state index is 0.337. The van der Waals surface area contributed by atoms with Crippen LogP contribution < -0.4 is 11.1 Å². The van der Waals surface area contributed by atoms with Gasteiger partial charge < -0.3 is 11.1 Å². The summed E-state index contributed by atoms with van der Waals surface area (Å²) >= 11 is 0. The van der Waals surface area contributed by atoms with E-state index in [0.717, 1.165) is 24.9 Å². The Morgan fingerprint density at radius 2 is 2.29 bits per heavy atom. The summed E-state index contributed by atoms with van der Waals surface area (Å²) in [6.45, 7) is 5.33. The van der Waals surface area contributed by atoms with E-state index in [2.05, 4.69) is 24.1 Å². The van der Waals surface area contributed by atoms with Gasteiger partial charge in [-0.3, -0.25) is 0 Å². The molecular formula is C11H19N3. The minimum absolute atomic E-state index is 0.337. The smallest absolute Gasteiger partial charge is 0.128 e. The second-order valence-electron chi connectivity index (χ2n) is 3.39. The van der Waals surface area contributed by atoms with Crippen LogP contribution in [0, 0.1) is 0 Å². The normalized spacial score (nSPS) is 12.7. The maximum absolute atomic E-state index is 5.82. The van der Waals surface area contributed by atoms with Crippen molar-refractivity contribution in [2.75, 3.05) is 12.3 Å². The van der Waals surface area contributed by atoms with Crippen molar-refractivity contribution in [2.45, 2.75) is 32.7 Å². The molecule has 0 aliphatic rings. The van der Waals surface area contributed by atoms with Gasteiger partial charge in [0.1, 0.15) is 5.82 Å². The highest BCUT2D eigenvalue weighted by Gasteiger charge is 2.10. The lowest BCUT2D eigenvalue weighted by molar-refractivity contribution is 0.518. The largest absolute Gasteiger partial charge is 0.383 e. The van der Waals surface area contributed by atoms with Gasteiger partial charge in [-0.1, -0.05) is 19.9 Å². The fourth-order valence-corrected chi connectivity index (χ4v) is 1.52. The van der Waals surface area contributed by atoms with Crippen molar-refractivity contribution in [3.63, 3.8) is 0 Å². The van der Waals surface area contributed by atoms with Gasteiger partial charge in [0, 0.05) is 17.8 Å². The van der Waals surface area contributed by atoms with Crippen molar-refractivity contribution in [3.8, 4) is 0 Å². The number of aromatic nitrogens is 1. The third-order valence-electron chi connectivity index (χ3n) is 2.30. The first-order valence-corrected chi connectivity index (χ1v) is 5.23. The zero-order chi connectivity index (χ0) is 10.4. The van der Waals surface area contributed by atoms with Gasteiger partial charge in [-0.05, 0) is 25.5 Å². The molecule has 1 rings (SSSR count).